The summed E-state index contributed by atoms with van der Waals surface area (Å²) >= 11 is 0. The fourth-order valence-corrected chi connectivity index (χ4v) is 0.483. The van der Waals surface area contributed by atoms with Gasteiger partial charge in [0.1, 0.15) is 6.61 Å². The molecule has 0 spiro atoms. The van der Waals surface area contributed by atoms with E-state index in [9.17, 15) is 14.4 Å². The Balaban J connectivity index is 3.46. The van der Waals surface area contributed by atoms with Crippen LogP contribution in [0.2, 0.25) is 0 Å². The monoisotopic (exact) mass is 185 g/mol. The van der Waals surface area contributed by atoms with Crippen LogP contribution in [0.15, 0.2) is 12.2 Å². The van der Waals surface area contributed by atoms with E-state index in [2.05, 4.69) is 16.6 Å². The van der Waals surface area contributed by atoms with Crippen molar-refractivity contribution in [2.24, 2.45) is 0 Å². The Bertz CT molecular complexity index is 234. The standard InChI is InChI=1S/C8H11NO4/c1-6(2)8(12)13-4-3-9-7(11)5-10/h5H,1,3-4H2,2H3,(H,9,11). The van der Waals surface area contributed by atoms with Gasteiger partial charge in [-0.2, -0.15) is 0 Å². The molecule has 0 bridgehead atoms. The molecule has 0 aliphatic carbocycles. The number of rotatable bonds is 5. The van der Waals surface area contributed by atoms with E-state index in [1.54, 1.807) is 0 Å². The van der Waals surface area contributed by atoms with Gasteiger partial charge in [0.05, 0.1) is 6.54 Å². The molecule has 0 saturated carbocycles. The molecule has 1 amide bonds. The van der Waals surface area contributed by atoms with Crippen molar-refractivity contribution in [2.45, 2.75) is 6.92 Å². The lowest BCUT2D eigenvalue weighted by Crippen LogP contribution is -2.28. The second-order valence-electron chi connectivity index (χ2n) is 2.33. The summed E-state index contributed by atoms with van der Waals surface area (Å²) in [5.41, 5.74) is 0.293. The van der Waals surface area contributed by atoms with E-state index >= 15 is 0 Å². The SMILES string of the molecule is C=C(C)C(=O)OCCNC(=O)C=O. The second kappa shape index (κ2) is 5.93. The van der Waals surface area contributed by atoms with Crippen LogP contribution in [0.1, 0.15) is 6.92 Å². The molecular formula is C8H11NO4. The third-order valence-corrected chi connectivity index (χ3v) is 1.09. The van der Waals surface area contributed by atoms with Crippen LogP contribution in [0.4, 0.5) is 0 Å². The fraction of sp³-hybridized carbons (Fsp3) is 0.375. The summed E-state index contributed by atoms with van der Waals surface area (Å²) in [6.07, 6.45) is 0.153. The first-order chi connectivity index (χ1) is 6.07. The molecule has 0 aromatic carbocycles. The van der Waals surface area contributed by atoms with Crippen molar-refractivity contribution in [3.63, 3.8) is 0 Å². The summed E-state index contributed by atoms with van der Waals surface area (Å²) in [5, 5.41) is 2.21. The minimum Gasteiger partial charge on any atom is -0.460 e. The van der Waals surface area contributed by atoms with Crippen LogP contribution in [0.5, 0.6) is 0 Å². The van der Waals surface area contributed by atoms with Gasteiger partial charge < -0.3 is 10.1 Å². The van der Waals surface area contributed by atoms with E-state index in [4.69, 9.17) is 0 Å². The minimum atomic E-state index is -0.730. The van der Waals surface area contributed by atoms with Gasteiger partial charge in [0, 0.05) is 5.57 Å². The van der Waals surface area contributed by atoms with Crippen molar-refractivity contribution in [2.75, 3.05) is 13.2 Å². The van der Waals surface area contributed by atoms with Crippen LogP contribution in [0, 0.1) is 0 Å². The zero-order chi connectivity index (χ0) is 10.3. The lowest BCUT2D eigenvalue weighted by atomic mass is 10.4. The van der Waals surface area contributed by atoms with E-state index < -0.39 is 11.9 Å². The van der Waals surface area contributed by atoms with Gasteiger partial charge in [-0.25, -0.2) is 4.79 Å². The summed E-state index contributed by atoms with van der Waals surface area (Å²) in [5.74, 6) is -1.24. The zero-order valence-electron chi connectivity index (χ0n) is 7.33. The largest absolute Gasteiger partial charge is 0.460 e. The van der Waals surface area contributed by atoms with Crippen LogP contribution in [0.3, 0.4) is 0 Å². The number of ether oxygens (including phenoxy) is 1. The van der Waals surface area contributed by atoms with Gasteiger partial charge in [-0.15, -0.1) is 0 Å². The summed E-state index contributed by atoms with van der Waals surface area (Å²) < 4.78 is 4.63. The summed E-state index contributed by atoms with van der Waals surface area (Å²) in [4.78, 5) is 30.9. The summed E-state index contributed by atoms with van der Waals surface area (Å²) in [7, 11) is 0. The van der Waals surface area contributed by atoms with Gasteiger partial charge in [0.25, 0.3) is 5.91 Å². The minimum absolute atomic E-state index is 0.0330. The van der Waals surface area contributed by atoms with Crippen molar-refractivity contribution in [1.82, 2.24) is 5.32 Å². The smallest absolute Gasteiger partial charge is 0.333 e. The lowest BCUT2D eigenvalue weighted by Gasteiger charge is -2.03. The predicted octanol–water partition coefficient (Wildman–Crippen LogP) is -0.579. The Morgan fingerprint density at radius 1 is 1.54 bits per heavy atom. The molecule has 0 aliphatic heterocycles. The van der Waals surface area contributed by atoms with E-state index in [1.807, 2.05) is 0 Å². The van der Waals surface area contributed by atoms with Gasteiger partial charge in [-0.1, -0.05) is 6.58 Å². The quantitative estimate of drug-likeness (QED) is 0.204. The highest BCUT2D eigenvalue weighted by Gasteiger charge is 2.02. The molecule has 0 radical (unpaired) electrons. The molecule has 0 rings (SSSR count). The summed E-state index contributed by atoms with van der Waals surface area (Å²) in [6.45, 7) is 5.04. The molecule has 0 fully saturated rings. The van der Waals surface area contributed by atoms with Gasteiger partial charge in [0.15, 0.2) is 0 Å². The Hall–Kier alpha value is -1.65. The van der Waals surface area contributed by atoms with E-state index in [0.717, 1.165) is 0 Å². The average Bonchev–Trinajstić information content (AvgIpc) is 2.11. The number of carbonyl (C=O) groups is 3. The third-order valence-electron chi connectivity index (χ3n) is 1.09. The van der Waals surface area contributed by atoms with Crippen molar-refractivity contribution >= 4 is 18.2 Å². The number of hydrogen-bond donors (Lipinski definition) is 1. The highest BCUT2D eigenvalue weighted by atomic mass is 16.5. The maximum absolute atomic E-state index is 10.8. The third kappa shape index (κ3) is 5.60. The molecular weight excluding hydrogens is 174 g/mol. The number of hydrogen-bond acceptors (Lipinski definition) is 4. The van der Waals surface area contributed by atoms with E-state index in [1.165, 1.54) is 6.92 Å². The Labute approximate surface area is 75.8 Å². The predicted molar refractivity (Wildman–Crippen MR) is 44.8 cm³/mol. The van der Waals surface area contributed by atoms with Crippen LogP contribution >= 0.6 is 0 Å². The molecule has 0 heterocycles. The molecule has 0 unspecified atom stereocenters. The Morgan fingerprint density at radius 2 is 2.15 bits per heavy atom. The van der Waals surface area contributed by atoms with Crippen molar-refractivity contribution in [3.05, 3.63) is 12.2 Å². The average molecular weight is 185 g/mol. The first-order valence-electron chi connectivity index (χ1n) is 3.63. The molecule has 5 nitrogen and oxygen atoms in total. The van der Waals surface area contributed by atoms with Crippen molar-refractivity contribution < 1.29 is 19.1 Å². The Kier molecular flexibility index (Phi) is 5.18. The molecule has 5 heteroatoms. The maximum Gasteiger partial charge on any atom is 0.333 e. The topological polar surface area (TPSA) is 72.5 Å². The molecule has 0 aromatic heterocycles. The van der Waals surface area contributed by atoms with Gasteiger partial charge in [-0.3, -0.25) is 9.59 Å². The molecule has 13 heavy (non-hydrogen) atoms. The normalized spacial score (nSPS) is 8.69. The number of esters is 1. The zero-order valence-corrected chi connectivity index (χ0v) is 7.33. The van der Waals surface area contributed by atoms with Gasteiger partial charge in [-0.05, 0) is 6.92 Å². The molecule has 72 valence electrons. The molecule has 1 N–H and O–H groups in total. The highest BCUT2D eigenvalue weighted by molar-refractivity contribution is 6.23. The molecule has 0 aliphatic rings. The van der Waals surface area contributed by atoms with Crippen molar-refractivity contribution in [3.8, 4) is 0 Å². The summed E-state index contributed by atoms with van der Waals surface area (Å²) in [6, 6.07) is 0. The van der Waals surface area contributed by atoms with Crippen LogP contribution < -0.4 is 5.32 Å². The van der Waals surface area contributed by atoms with E-state index in [0.29, 0.717) is 5.57 Å². The van der Waals surface area contributed by atoms with Crippen LogP contribution in [-0.4, -0.2) is 31.3 Å². The fourth-order valence-electron chi connectivity index (χ4n) is 0.483. The number of nitrogens with one attached hydrogen (secondary N) is 1. The molecule has 0 saturated heterocycles. The lowest BCUT2D eigenvalue weighted by molar-refractivity contribution is -0.139. The first kappa shape index (κ1) is 11.4. The second-order valence-corrected chi connectivity index (χ2v) is 2.33. The van der Waals surface area contributed by atoms with E-state index in [-0.39, 0.29) is 19.4 Å². The maximum atomic E-state index is 10.8. The number of carbonyl (C=O) groups excluding carboxylic acids is 3. The highest BCUT2D eigenvalue weighted by Crippen LogP contribution is 1.90. The molecule has 0 atom stereocenters. The van der Waals surface area contributed by atoms with Crippen LogP contribution in [-0.2, 0) is 19.1 Å². The number of aldehydes is 1. The Morgan fingerprint density at radius 3 is 2.62 bits per heavy atom. The van der Waals surface area contributed by atoms with Gasteiger partial charge >= 0.3 is 5.97 Å². The first-order valence-corrected chi connectivity index (χ1v) is 3.63. The van der Waals surface area contributed by atoms with Gasteiger partial charge in [0.2, 0.25) is 6.29 Å². The van der Waals surface area contributed by atoms with Crippen molar-refractivity contribution in [1.29, 1.82) is 0 Å². The number of amides is 1. The molecule has 0 aromatic rings. The van der Waals surface area contributed by atoms with Crippen LogP contribution in [0.25, 0.3) is 0 Å².